The number of carbonyl (C=O) groups is 1. The fourth-order valence-corrected chi connectivity index (χ4v) is 2.46. The summed E-state index contributed by atoms with van der Waals surface area (Å²) in [5, 5.41) is 0. The minimum absolute atomic E-state index is 0.157. The van der Waals surface area contributed by atoms with Crippen LogP contribution in [0.15, 0.2) is 0 Å². The predicted octanol–water partition coefficient (Wildman–Crippen LogP) is 2.01. The summed E-state index contributed by atoms with van der Waals surface area (Å²) in [7, 11) is 0. The Balaban J connectivity index is 2.38. The van der Waals surface area contributed by atoms with Crippen LogP contribution in [0, 0.1) is 11.8 Å². The Kier molecular flexibility index (Phi) is 5.26. The summed E-state index contributed by atoms with van der Waals surface area (Å²) >= 11 is 0. The molecule has 3 heteroatoms. The van der Waals surface area contributed by atoms with Crippen molar-refractivity contribution in [3.63, 3.8) is 0 Å². The van der Waals surface area contributed by atoms with Crippen molar-refractivity contribution in [2.24, 2.45) is 17.6 Å². The fraction of sp³-hybridized carbons (Fsp3) is 0.923. The first-order valence-corrected chi connectivity index (χ1v) is 6.60. The van der Waals surface area contributed by atoms with Gasteiger partial charge in [0.25, 0.3) is 0 Å². The second-order valence-electron chi connectivity index (χ2n) is 5.30. The number of hydrogen-bond acceptors (Lipinski definition) is 2. The molecule has 0 bridgehead atoms. The van der Waals surface area contributed by atoms with Crippen LogP contribution >= 0.6 is 0 Å². The Labute approximate surface area is 99.4 Å². The van der Waals surface area contributed by atoms with E-state index in [1.807, 2.05) is 4.90 Å². The SMILES string of the molecule is CCC[C@@H](N)C(=O)N1CCC(C(C)C)CC1. The topological polar surface area (TPSA) is 46.3 Å². The van der Waals surface area contributed by atoms with Gasteiger partial charge in [0, 0.05) is 13.1 Å². The molecule has 1 fully saturated rings. The zero-order valence-corrected chi connectivity index (χ0v) is 10.9. The van der Waals surface area contributed by atoms with Crippen molar-refractivity contribution in [2.75, 3.05) is 13.1 Å². The summed E-state index contributed by atoms with van der Waals surface area (Å²) in [5.74, 6) is 1.68. The highest BCUT2D eigenvalue weighted by molar-refractivity contribution is 5.81. The second kappa shape index (κ2) is 6.24. The Bertz CT molecular complexity index is 220. The molecule has 1 rings (SSSR count). The van der Waals surface area contributed by atoms with Crippen LogP contribution < -0.4 is 5.73 Å². The van der Waals surface area contributed by atoms with E-state index < -0.39 is 0 Å². The van der Waals surface area contributed by atoms with Crippen molar-refractivity contribution in [2.45, 2.75) is 52.5 Å². The summed E-state index contributed by atoms with van der Waals surface area (Å²) in [5.41, 5.74) is 5.86. The van der Waals surface area contributed by atoms with Gasteiger partial charge < -0.3 is 10.6 Å². The van der Waals surface area contributed by atoms with Crippen LogP contribution in [0.4, 0.5) is 0 Å². The Hall–Kier alpha value is -0.570. The van der Waals surface area contributed by atoms with Crippen LogP contribution in [-0.2, 0) is 4.79 Å². The third kappa shape index (κ3) is 3.48. The minimum atomic E-state index is -0.277. The van der Waals surface area contributed by atoms with Crippen molar-refractivity contribution in [3.05, 3.63) is 0 Å². The number of nitrogens with two attached hydrogens (primary N) is 1. The number of piperidine rings is 1. The molecule has 0 unspecified atom stereocenters. The van der Waals surface area contributed by atoms with Gasteiger partial charge in [-0.25, -0.2) is 0 Å². The van der Waals surface area contributed by atoms with E-state index in [2.05, 4.69) is 20.8 Å². The number of nitrogens with zero attached hydrogens (tertiary/aromatic N) is 1. The number of amides is 1. The van der Waals surface area contributed by atoms with E-state index >= 15 is 0 Å². The van der Waals surface area contributed by atoms with Gasteiger partial charge in [0.05, 0.1) is 6.04 Å². The summed E-state index contributed by atoms with van der Waals surface area (Å²) in [6, 6.07) is -0.277. The lowest BCUT2D eigenvalue weighted by Crippen LogP contribution is -2.47. The fourth-order valence-electron chi connectivity index (χ4n) is 2.46. The molecule has 0 aromatic carbocycles. The number of likely N-dealkylation sites (tertiary alicyclic amines) is 1. The summed E-state index contributed by atoms with van der Waals surface area (Å²) < 4.78 is 0. The molecule has 0 aromatic rings. The molecule has 1 aliphatic rings. The molecule has 94 valence electrons. The third-order valence-corrected chi connectivity index (χ3v) is 3.71. The lowest BCUT2D eigenvalue weighted by Gasteiger charge is -2.35. The highest BCUT2D eigenvalue weighted by Crippen LogP contribution is 2.24. The van der Waals surface area contributed by atoms with Gasteiger partial charge in [0.2, 0.25) is 5.91 Å². The quantitative estimate of drug-likeness (QED) is 0.797. The van der Waals surface area contributed by atoms with Crippen LogP contribution in [0.1, 0.15) is 46.5 Å². The van der Waals surface area contributed by atoms with Gasteiger partial charge >= 0.3 is 0 Å². The molecule has 1 saturated heterocycles. The average molecular weight is 226 g/mol. The lowest BCUT2D eigenvalue weighted by atomic mass is 9.86. The Morgan fingerprint density at radius 3 is 2.38 bits per heavy atom. The van der Waals surface area contributed by atoms with E-state index in [4.69, 9.17) is 5.73 Å². The summed E-state index contributed by atoms with van der Waals surface area (Å²) in [6.45, 7) is 8.41. The molecule has 1 heterocycles. The zero-order chi connectivity index (χ0) is 12.1. The molecule has 16 heavy (non-hydrogen) atoms. The van der Waals surface area contributed by atoms with Crippen LogP contribution in [-0.4, -0.2) is 29.9 Å². The van der Waals surface area contributed by atoms with Crippen molar-refractivity contribution in [1.82, 2.24) is 4.90 Å². The highest BCUT2D eigenvalue weighted by Gasteiger charge is 2.26. The summed E-state index contributed by atoms with van der Waals surface area (Å²) in [4.78, 5) is 13.9. The van der Waals surface area contributed by atoms with Crippen molar-refractivity contribution < 1.29 is 4.79 Å². The molecule has 2 N–H and O–H groups in total. The molecule has 0 saturated carbocycles. The van der Waals surface area contributed by atoms with E-state index in [0.717, 1.165) is 50.6 Å². The molecule has 0 aromatic heterocycles. The molecule has 3 nitrogen and oxygen atoms in total. The van der Waals surface area contributed by atoms with Gasteiger partial charge in [-0.1, -0.05) is 27.2 Å². The van der Waals surface area contributed by atoms with Gasteiger partial charge in [-0.05, 0) is 31.1 Å². The van der Waals surface area contributed by atoms with Gasteiger partial charge in [0.15, 0.2) is 0 Å². The van der Waals surface area contributed by atoms with Gasteiger partial charge in [0.1, 0.15) is 0 Å². The van der Waals surface area contributed by atoms with Crippen molar-refractivity contribution >= 4 is 5.91 Å². The maximum absolute atomic E-state index is 12.0. The van der Waals surface area contributed by atoms with Gasteiger partial charge in [-0.3, -0.25) is 4.79 Å². The third-order valence-electron chi connectivity index (χ3n) is 3.71. The van der Waals surface area contributed by atoms with E-state index in [1.54, 1.807) is 0 Å². The maximum atomic E-state index is 12.0. The molecular weight excluding hydrogens is 200 g/mol. The molecule has 1 atom stereocenters. The van der Waals surface area contributed by atoms with Crippen LogP contribution in [0.25, 0.3) is 0 Å². The molecule has 1 amide bonds. The standard InChI is InChI=1S/C13H26N2O/c1-4-5-12(14)13(16)15-8-6-11(7-9-15)10(2)3/h10-12H,4-9,14H2,1-3H3/t12-/m1/s1. The first-order valence-electron chi connectivity index (χ1n) is 6.60. The van der Waals surface area contributed by atoms with Crippen molar-refractivity contribution in [3.8, 4) is 0 Å². The van der Waals surface area contributed by atoms with Crippen molar-refractivity contribution in [1.29, 1.82) is 0 Å². The van der Waals surface area contributed by atoms with E-state index in [9.17, 15) is 4.79 Å². The number of rotatable bonds is 4. The molecule has 1 aliphatic heterocycles. The first-order chi connectivity index (χ1) is 7.56. The largest absolute Gasteiger partial charge is 0.341 e. The van der Waals surface area contributed by atoms with Gasteiger partial charge in [-0.15, -0.1) is 0 Å². The minimum Gasteiger partial charge on any atom is -0.341 e. The van der Waals surface area contributed by atoms with E-state index in [0.29, 0.717) is 0 Å². The predicted molar refractivity (Wildman–Crippen MR) is 67.0 cm³/mol. The highest BCUT2D eigenvalue weighted by atomic mass is 16.2. The average Bonchev–Trinajstić information content (AvgIpc) is 2.28. The first kappa shape index (κ1) is 13.5. The molecule has 0 spiro atoms. The van der Waals surface area contributed by atoms with E-state index in [1.165, 1.54) is 0 Å². The Morgan fingerprint density at radius 2 is 1.94 bits per heavy atom. The lowest BCUT2D eigenvalue weighted by molar-refractivity contribution is -0.134. The molecule has 0 aliphatic carbocycles. The monoisotopic (exact) mass is 226 g/mol. The van der Waals surface area contributed by atoms with E-state index in [-0.39, 0.29) is 11.9 Å². The second-order valence-corrected chi connectivity index (χ2v) is 5.30. The van der Waals surface area contributed by atoms with Crippen LogP contribution in [0.5, 0.6) is 0 Å². The van der Waals surface area contributed by atoms with Crippen LogP contribution in [0.2, 0.25) is 0 Å². The van der Waals surface area contributed by atoms with Crippen LogP contribution in [0.3, 0.4) is 0 Å². The zero-order valence-electron chi connectivity index (χ0n) is 10.9. The molecular formula is C13H26N2O. The smallest absolute Gasteiger partial charge is 0.239 e. The number of hydrogen-bond donors (Lipinski definition) is 1. The Morgan fingerprint density at radius 1 is 1.38 bits per heavy atom. The number of carbonyl (C=O) groups excluding carboxylic acids is 1. The van der Waals surface area contributed by atoms with Gasteiger partial charge in [-0.2, -0.15) is 0 Å². The summed E-state index contributed by atoms with van der Waals surface area (Å²) in [6.07, 6.45) is 4.07. The normalized spacial score (nSPS) is 20.2. The molecule has 0 radical (unpaired) electrons. The maximum Gasteiger partial charge on any atom is 0.239 e.